The maximum Gasteiger partial charge on any atom is 0.126 e. The SMILES string of the molecule is Cn1cc(CN2C[C@@H]3CCCO[C@@H]3[C@H](Nc3ccccn3)C2)cn1. The fourth-order valence-electron chi connectivity index (χ4n) is 4.00. The molecule has 2 aliphatic heterocycles. The van der Waals surface area contributed by atoms with Crippen molar-refractivity contribution in [2.45, 2.75) is 31.5 Å². The molecule has 0 amide bonds. The molecule has 6 nitrogen and oxygen atoms in total. The summed E-state index contributed by atoms with van der Waals surface area (Å²) in [5.74, 6) is 1.52. The smallest absolute Gasteiger partial charge is 0.126 e. The van der Waals surface area contributed by atoms with Gasteiger partial charge in [-0.25, -0.2) is 4.98 Å². The van der Waals surface area contributed by atoms with E-state index in [1.807, 2.05) is 42.3 Å². The second-order valence-corrected chi connectivity index (χ2v) is 6.92. The largest absolute Gasteiger partial charge is 0.376 e. The third-order valence-electron chi connectivity index (χ3n) is 5.00. The number of anilines is 1. The molecule has 0 bridgehead atoms. The molecule has 1 N–H and O–H groups in total. The van der Waals surface area contributed by atoms with Crippen LogP contribution in [0.1, 0.15) is 18.4 Å². The van der Waals surface area contributed by atoms with Crippen LogP contribution in [0.25, 0.3) is 0 Å². The summed E-state index contributed by atoms with van der Waals surface area (Å²) in [7, 11) is 1.97. The van der Waals surface area contributed by atoms with Crippen molar-refractivity contribution >= 4 is 5.82 Å². The molecule has 6 heteroatoms. The highest BCUT2D eigenvalue weighted by Crippen LogP contribution is 2.30. The third-order valence-corrected chi connectivity index (χ3v) is 5.00. The van der Waals surface area contributed by atoms with E-state index in [1.165, 1.54) is 12.0 Å². The van der Waals surface area contributed by atoms with Crippen molar-refractivity contribution in [3.05, 3.63) is 42.4 Å². The van der Waals surface area contributed by atoms with E-state index in [0.29, 0.717) is 5.92 Å². The fraction of sp³-hybridized carbons (Fsp3) is 0.556. The number of hydrogen-bond donors (Lipinski definition) is 1. The number of hydrogen-bond acceptors (Lipinski definition) is 5. The number of fused-ring (bicyclic) bond motifs is 1. The second kappa shape index (κ2) is 6.91. The topological polar surface area (TPSA) is 55.2 Å². The van der Waals surface area contributed by atoms with Crippen LogP contribution in [0.2, 0.25) is 0 Å². The van der Waals surface area contributed by atoms with Gasteiger partial charge in [-0.15, -0.1) is 0 Å². The zero-order valence-electron chi connectivity index (χ0n) is 14.1. The highest BCUT2D eigenvalue weighted by molar-refractivity contribution is 5.35. The van der Waals surface area contributed by atoms with Crippen molar-refractivity contribution in [1.29, 1.82) is 0 Å². The Hall–Kier alpha value is -1.92. The molecule has 2 aromatic heterocycles. The summed E-state index contributed by atoms with van der Waals surface area (Å²) >= 11 is 0. The van der Waals surface area contributed by atoms with Gasteiger partial charge in [0.15, 0.2) is 0 Å². The summed E-state index contributed by atoms with van der Waals surface area (Å²) in [5, 5.41) is 7.89. The van der Waals surface area contributed by atoms with Crippen LogP contribution in [0.5, 0.6) is 0 Å². The summed E-state index contributed by atoms with van der Waals surface area (Å²) in [6, 6.07) is 6.26. The molecule has 0 spiro atoms. The number of nitrogens with one attached hydrogen (secondary N) is 1. The van der Waals surface area contributed by atoms with E-state index in [1.54, 1.807) is 0 Å². The highest BCUT2D eigenvalue weighted by atomic mass is 16.5. The van der Waals surface area contributed by atoms with Crippen LogP contribution in [-0.4, -0.2) is 51.5 Å². The van der Waals surface area contributed by atoms with Crippen LogP contribution in [0.3, 0.4) is 0 Å². The van der Waals surface area contributed by atoms with Crippen LogP contribution >= 0.6 is 0 Å². The molecule has 2 aromatic rings. The number of nitrogens with zero attached hydrogens (tertiary/aromatic N) is 4. The van der Waals surface area contributed by atoms with Crippen molar-refractivity contribution in [1.82, 2.24) is 19.7 Å². The molecule has 2 fully saturated rings. The van der Waals surface area contributed by atoms with Gasteiger partial charge in [0.25, 0.3) is 0 Å². The van der Waals surface area contributed by atoms with Gasteiger partial charge in [-0.05, 0) is 30.9 Å². The summed E-state index contributed by atoms with van der Waals surface area (Å²) < 4.78 is 8.01. The molecule has 0 unspecified atom stereocenters. The molecule has 0 saturated carbocycles. The van der Waals surface area contributed by atoms with Crippen molar-refractivity contribution < 1.29 is 4.74 Å². The average molecular weight is 327 g/mol. The van der Waals surface area contributed by atoms with E-state index < -0.39 is 0 Å². The maximum atomic E-state index is 6.14. The zero-order valence-corrected chi connectivity index (χ0v) is 14.1. The lowest BCUT2D eigenvalue weighted by Gasteiger charge is -2.46. The van der Waals surface area contributed by atoms with Gasteiger partial charge >= 0.3 is 0 Å². The van der Waals surface area contributed by atoms with Crippen molar-refractivity contribution in [3.63, 3.8) is 0 Å². The first-order chi connectivity index (χ1) is 11.8. The molecular weight excluding hydrogens is 302 g/mol. The van der Waals surface area contributed by atoms with E-state index in [9.17, 15) is 0 Å². The van der Waals surface area contributed by atoms with Gasteiger partial charge in [-0.2, -0.15) is 5.10 Å². The molecule has 2 aliphatic rings. The Balaban J connectivity index is 1.49. The number of aromatic nitrogens is 3. The average Bonchev–Trinajstić information content (AvgIpc) is 3.01. The first kappa shape index (κ1) is 15.6. The fourth-order valence-corrected chi connectivity index (χ4v) is 4.00. The van der Waals surface area contributed by atoms with Gasteiger partial charge < -0.3 is 10.1 Å². The number of pyridine rings is 1. The Labute approximate surface area is 142 Å². The van der Waals surface area contributed by atoms with Gasteiger partial charge in [-0.1, -0.05) is 6.07 Å². The van der Waals surface area contributed by atoms with Crippen molar-refractivity contribution in [3.8, 4) is 0 Å². The van der Waals surface area contributed by atoms with E-state index in [4.69, 9.17) is 4.74 Å². The third kappa shape index (κ3) is 3.44. The van der Waals surface area contributed by atoms with Crippen LogP contribution < -0.4 is 5.32 Å². The Kier molecular flexibility index (Phi) is 4.49. The summed E-state index contributed by atoms with van der Waals surface area (Å²) in [4.78, 5) is 6.95. The lowest BCUT2D eigenvalue weighted by atomic mass is 9.85. The molecule has 3 atom stereocenters. The number of ether oxygens (including phenoxy) is 1. The predicted octanol–water partition coefficient (Wildman–Crippen LogP) is 1.91. The van der Waals surface area contributed by atoms with Crippen LogP contribution in [0.15, 0.2) is 36.8 Å². The maximum absolute atomic E-state index is 6.14. The molecule has 4 heterocycles. The Bertz CT molecular complexity index is 658. The monoisotopic (exact) mass is 327 g/mol. The number of likely N-dealkylation sites (tertiary alicyclic amines) is 1. The van der Waals surface area contributed by atoms with Crippen molar-refractivity contribution in [2.24, 2.45) is 13.0 Å². The van der Waals surface area contributed by atoms with E-state index >= 15 is 0 Å². The molecule has 0 aromatic carbocycles. The minimum absolute atomic E-state index is 0.274. The zero-order chi connectivity index (χ0) is 16.4. The summed E-state index contributed by atoms with van der Waals surface area (Å²) in [5.41, 5.74) is 1.27. The normalized spacial score (nSPS) is 27.6. The lowest BCUT2D eigenvalue weighted by molar-refractivity contribution is -0.0747. The Morgan fingerprint density at radius 2 is 2.29 bits per heavy atom. The van der Waals surface area contributed by atoms with Crippen LogP contribution in [-0.2, 0) is 18.3 Å². The molecule has 0 radical (unpaired) electrons. The molecule has 2 saturated heterocycles. The van der Waals surface area contributed by atoms with Gasteiger partial charge in [0.2, 0.25) is 0 Å². The van der Waals surface area contributed by atoms with Gasteiger partial charge in [0, 0.05) is 51.2 Å². The van der Waals surface area contributed by atoms with Gasteiger partial charge in [-0.3, -0.25) is 9.58 Å². The molecule has 0 aliphatic carbocycles. The minimum Gasteiger partial charge on any atom is -0.376 e. The predicted molar refractivity (Wildman–Crippen MR) is 92.6 cm³/mol. The number of aryl methyl sites for hydroxylation is 1. The van der Waals surface area contributed by atoms with Gasteiger partial charge in [0.1, 0.15) is 5.82 Å². The van der Waals surface area contributed by atoms with E-state index in [0.717, 1.165) is 38.5 Å². The van der Waals surface area contributed by atoms with Crippen molar-refractivity contribution in [2.75, 3.05) is 25.0 Å². The molecule has 128 valence electrons. The minimum atomic E-state index is 0.274. The highest BCUT2D eigenvalue weighted by Gasteiger charge is 2.39. The Morgan fingerprint density at radius 3 is 3.08 bits per heavy atom. The standard InChI is InChI=1S/C18H25N5O/c1-22-10-14(9-20-22)11-23-12-15-5-4-8-24-18(15)16(13-23)21-17-6-2-3-7-19-17/h2-3,6-7,9-10,15-16,18H,4-5,8,11-13H2,1H3,(H,19,21)/t15-,16+,18-/m0/s1. The lowest BCUT2D eigenvalue weighted by Crippen LogP contribution is -2.57. The number of piperidine rings is 1. The number of rotatable bonds is 4. The first-order valence-corrected chi connectivity index (χ1v) is 8.77. The first-order valence-electron chi connectivity index (χ1n) is 8.77. The second-order valence-electron chi connectivity index (χ2n) is 6.92. The molecular formula is C18H25N5O. The van der Waals surface area contributed by atoms with Crippen LogP contribution in [0, 0.1) is 5.92 Å². The molecule has 4 rings (SSSR count). The molecule has 24 heavy (non-hydrogen) atoms. The van der Waals surface area contributed by atoms with Crippen LogP contribution in [0.4, 0.5) is 5.82 Å². The van der Waals surface area contributed by atoms with Gasteiger partial charge in [0.05, 0.1) is 18.3 Å². The summed E-state index contributed by atoms with van der Waals surface area (Å²) in [6.45, 7) is 3.88. The van der Waals surface area contributed by atoms with E-state index in [-0.39, 0.29) is 12.1 Å². The quantitative estimate of drug-likeness (QED) is 0.930. The summed E-state index contributed by atoms with van der Waals surface area (Å²) in [6.07, 6.45) is 8.59. The Morgan fingerprint density at radius 1 is 1.33 bits per heavy atom. The van der Waals surface area contributed by atoms with E-state index in [2.05, 4.69) is 26.5 Å².